The van der Waals surface area contributed by atoms with Crippen molar-refractivity contribution >= 4 is 11.0 Å². The van der Waals surface area contributed by atoms with Crippen molar-refractivity contribution in [3.05, 3.63) is 46.1 Å². The molecule has 0 aliphatic heterocycles. The fourth-order valence-corrected chi connectivity index (χ4v) is 3.07. The maximum Gasteiger partial charge on any atom is 0.235 e. The lowest BCUT2D eigenvalue weighted by Gasteiger charge is -2.09. The third-order valence-electron chi connectivity index (χ3n) is 4.58. The van der Waals surface area contributed by atoms with E-state index in [1.807, 2.05) is 6.07 Å². The molecular formula is C21H22O6. The summed E-state index contributed by atoms with van der Waals surface area (Å²) in [6, 6.07) is 7.46. The first-order valence-corrected chi connectivity index (χ1v) is 8.96. The molecule has 6 nitrogen and oxygen atoms in total. The molecule has 1 heterocycles. The maximum absolute atomic E-state index is 12.5. The maximum atomic E-state index is 12.5. The Morgan fingerprint density at radius 2 is 1.59 bits per heavy atom. The fourth-order valence-electron chi connectivity index (χ4n) is 3.07. The lowest BCUT2D eigenvalue weighted by atomic mass is 10.0. The van der Waals surface area contributed by atoms with Gasteiger partial charge in [0.15, 0.2) is 23.0 Å². The van der Waals surface area contributed by atoms with Crippen LogP contribution in [0.15, 0.2) is 39.5 Å². The average molecular weight is 370 g/mol. The van der Waals surface area contributed by atoms with Gasteiger partial charge in [-0.2, -0.15) is 0 Å². The normalized spacial score (nSPS) is 11.1. The molecule has 0 fully saturated rings. The molecule has 0 aliphatic carbocycles. The Hall–Kier alpha value is -3.15. The summed E-state index contributed by atoms with van der Waals surface area (Å²) in [7, 11) is 0. The van der Waals surface area contributed by atoms with Gasteiger partial charge in [0.1, 0.15) is 5.58 Å². The molecule has 4 N–H and O–H groups in total. The molecular weight excluding hydrogens is 348 g/mol. The minimum Gasteiger partial charge on any atom is -0.504 e. The van der Waals surface area contributed by atoms with Crippen LogP contribution in [-0.2, 0) is 6.42 Å². The Morgan fingerprint density at radius 3 is 2.26 bits per heavy atom. The quantitative estimate of drug-likeness (QED) is 0.378. The Morgan fingerprint density at radius 1 is 0.889 bits per heavy atom. The molecule has 0 atom stereocenters. The minimum absolute atomic E-state index is 0.0765. The summed E-state index contributed by atoms with van der Waals surface area (Å²) in [5.74, 6) is -2.66. The van der Waals surface area contributed by atoms with Crippen LogP contribution in [0.3, 0.4) is 0 Å². The number of rotatable bonds is 6. The van der Waals surface area contributed by atoms with Crippen LogP contribution in [0.4, 0.5) is 0 Å². The van der Waals surface area contributed by atoms with Gasteiger partial charge in [0, 0.05) is 5.56 Å². The molecule has 142 valence electrons. The van der Waals surface area contributed by atoms with E-state index in [4.69, 9.17) is 4.42 Å². The van der Waals surface area contributed by atoms with Crippen LogP contribution in [0, 0.1) is 0 Å². The second-order valence-corrected chi connectivity index (χ2v) is 6.61. The monoisotopic (exact) mass is 370 g/mol. The zero-order valence-corrected chi connectivity index (χ0v) is 15.0. The van der Waals surface area contributed by atoms with Gasteiger partial charge in [0.05, 0.1) is 5.39 Å². The SMILES string of the molecule is CCCCCCc1ccc2c(=O)c(O)c(-c3cc(O)c(O)c(O)c3)oc2c1. The van der Waals surface area contributed by atoms with E-state index in [0.717, 1.165) is 43.4 Å². The van der Waals surface area contributed by atoms with Crippen molar-refractivity contribution in [2.75, 3.05) is 0 Å². The van der Waals surface area contributed by atoms with Gasteiger partial charge in [-0.25, -0.2) is 0 Å². The zero-order valence-electron chi connectivity index (χ0n) is 15.0. The first kappa shape index (κ1) is 18.6. The van der Waals surface area contributed by atoms with E-state index in [0.29, 0.717) is 5.58 Å². The first-order valence-electron chi connectivity index (χ1n) is 8.96. The van der Waals surface area contributed by atoms with Crippen LogP contribution in [0.5, 0.6) is 23.0 Å². The lowest BCUT2D eigenvalue weighted by Crippen LogP contribution is -2.03. The predicted octanol–water partition coefficient (Wildman–Crippen LogP) is 4.41. The molecule has 0 radical (unpaired) electrons. The van der Waals surface area contributed by atoms with Gasteiger partial charge >= 0.3 is 0 Å². The number of aromatic hydroxyl groups is 4. The number of benzene rings is 2. The van der Waals surface area contributed by atoms with Gasteiger partial charge in [-0.15, -0.1) is 0 Å². The number of phenols is 3. The minimum atomic E-state index is -0.684. The Labute approximate surface area is 156 Å². The highest BCUT2D eigenvalue weighted by Crippen LogP contribution is 2.41. The smallest absolute Gasteiger partial charge is 0.235 e. The molecule has 3 aromatic rings. The molecule has 3 rings (SSSR count). The molecule has 27 heavy (non-hydrogen) atoms. The van der Waals surface area contributed by atoms with Crippen molar-refractivity contribution in [2.24, 2.45) is 0 Å². The second kappa shape index (κ2) is 7.61. The third-order valence-corrected chi connectivity index (χ3v) is 4.58. The van der Waals surface area contributed by atoms with Crippen molar-refractivity contribution in [3.8, 4) is 34.3 Å². The first-order chi connectivity index (χ1) is 12.9. The third kappa shape index (κ3) is 3.69. The summed E-state index contributed by atoms with van der Waals surface area (Å²) in [5.41, 5.74) is 0.811. The fraction of sp³-hybridized carbons (Fsp3) is 0.286. The highest BCUT2D eigenvalue weighted by atomic mass is 16.4. The number of fused-ring (bicyclic) bond motifs is 1. The van der Waals surface area contributed by atoms with Crippen molar-refractivity contribution < 1.29 is 24.8 Å². The average Bonchev–Trinajstić information content (AvgIpc) is 2.65. The van der Waals surface area contributed by atoms with E-state index in [1.54, 1.807) is 12.1 Å². The van der Waals surface area contributed by atoms with Crippen molar-refractivity contribution in [2.45, 2.75) is 39.0 Å². The number of hydrogen-bond donors (Lipinski definition) is 4. The Kier molecular flexibility index (Phi) is 5.26. The number of aryl methyl sites for hydroxylation is 1. The largest absolute Gasteiger partial charge is 0.504 e. The summed E-state index contributed by atoms with van der Waals surface area (Å²) in [6.07, 6.45) is 5.35. The van der Waals surface area contributed by atoms with Gasteiger partial charge in [-0.05, 0) is 42.7 Å². The molecule has 6 heteroatoms. The van der Waals surface area contributed by atoms with Gasteiger partial charge in [0.25, 0.3) is 0 Å². The van der Waals surface area contributed by atoms with E-state index in [9.17, 15) is 25.2 Å². The van der Waals surface area contributed by atoms with Gasteiger partial charge in [-0.3, -0.25) is 4.79 Å². The second-order valence-electron chi connectivity index (χ2n) is 6.61. The summed E-state index contributed by atoms with van der Waals surface area (Å²) >= 11 is 0. The van der Waals surface area contributed by atoms with Crippen LogP contribution < -0.4 is 5.43 Å². The van der Waals surface area contributed by atoms with Crippen LogP contribution >= 0.6 is 0 Å². The highest BCUT2D eigenvalue weighted by molar-refractivity contribution is 5.83. The van der Waals surface area contributed by atoms with Crippen LogP contribution in [0.25, 0.3) is 22.3 Å². The zero-order chi connectivity index (χ0) is 19.6. The standard InChI is InChI=1S/C21H22O6/c1-2-3-4-5-6-12-7-8-14-17(9-12)27-21(20(26)18(14)24)13-10-15(22)19(25)16(23)11-13/h7-11,22-23,25-26H,2-6H2,1H3. The van der Waals surface area contributed by atoms with Crippen LogP contribution in [0.2, 0.25) is 0 Å². The molecule has 0 amide bonds. The van der Waals surface area contributed by atoms with E-state index in [-0.39, 0.29) is 16.7 Å². The van der Waals surface area contributed by atoms with E-state index in [1.165, 1.54) is 6.42 Å². The highest BCUT2D eigenvalue weighted by Gasteiger charge is 2.18. The molecule has 0 saturated heterocycles. The van der Waals surface area contributed by atoms with Crippen molar-refractivity contribution in [1.29, 1.82) is 0 Å². The van der Waals surface area contributed by atoms with Gasteiger partial charge < -0.3 is 24.8 Å². The van der Waals surface area contributed by atoms with E-state index < -0.39 is 28.4 Å². The summed E-state index contributed by atoms with van der Waals surface area (Å²) < 4.78 is 5.72. The van der Waals surface area contributed by atoms with Crippen LogP contribution in [-0.4, -0.2) is 20.4 Å². The molecule has 0 unspecified atom stereocenters. The molecule has 0 bridgehead atoms. The van der Waals surface area contributed by atoms with Gasteiger partial charge in [0.2, 0.25) is 11.2 Å². The summed E-state index contributed by atoms with van der Waals surface area (Å²) in [4.78, 5) is 12.5. The molecule has 0 saturated carbocycles. The summed E-state index contributed by atoms with van der Waals surface area (Å²) in [5, 5.41) is 39.3. The summed E-state index contributed by atoms with van der Waals surface area (Å²) in [6.45, 7) is 2.15. The van der Waals surface area contributed by atoms with Gasteiger partial charge in [-0.1, -0.05) is 32.3 Å². The lowest BCUT2D eigenvalue weighted by molar-refractivity contribution is 0.368. The van der Waals surface area contributed by atoms with Crippen LogP contribution in [0.1, 0.15) is 38.2 Å². The molecule has 0 spiro atoms. The molecule has 1 aromatic heterocycles. The number of unbranched alkanes of at least 4 members (excludes halogenated alkanes) is 3. The predicted molar refractivity (Wildman–Crippen MR) is 102 cm³/mol. The topological polar surface area (TPSA) is 111 Å². The Bertz CT molecular complexity index is 1010. The number of phenolic OH excluding ortho intramolecular Hbond substituents is 3. The van der Waals surface area contributed by atoms with Crippen molar-refractivity contribution in [3.63, 3.8) is 0 Å². The Balaban J connectivity index is 2.06. The van der Waals surface area contributed by atoms with E-state index >= 15 is 0 Å². The van der Waals surface area contributed by atoms with Crippen molar-refractivity contribution in [1.82, 2.24) is 0 Å². The number of hydrogen-bond acceptors (Lipinski definition) is 6. The molecule has 2 aromatic carbocycles. The van der Waals surface area contributed by atoms with E-state index in [2.05, 4.69) is 6.92 Å². The molecule has 0 aliphatic rings.